The van der Waals surface area contributed by atoms with E-state index in [1.807, 2.05) is 56.9 Å². The summed E-state index contributed by atoms with van der Waals surface area (Å²) >= 11 is 0. The SMILES string of the molecule is CC(C)N(C(=O)Cc1ccc(-c2ccc(C(=O)O)cc2)cc1)C(C)C. The van der Waals surface area contributed by atoms with Gasteiger partial charge >= 0.3 is 5.97 Å². The number of hydrogen-bond donors (Lipinski definition) is 1. The van der Waals surface area contributed by atoms with Crippen molar-refractivity contribution >= 4 is 11.9 Å². The van der Waals surface area contributed by atoms with E-state index in [-0.39, 0.29) is 23.6 Å². The van der Waals surface area contributed by atoms with Crippen LogP contribution in [0.2, 0.25) is 0 Å². The van der Waals surface area contributed by atoms with E-state index in [2.05, 4.69) is 0 Å². The number of carbonyl (C=O) groups is 2. The summed E-state index contributed by atoms with van der Waals surface area (Å²) in [5.74, 6) is -0.802. The molecule has 0 saturated carbocycles. The van der Waals surface area contributed by atoms with Gasteiger partial charge in [0.15, 0.2) is 0 Å². The molecule has 2 rings (SSSR count). The van der Waals surface area contributed by atoms with Crippen LogP contribution in [0, 0.1) is 0 Å². The first-order chi connectivity index (χ1) is 11.8. The van der Waals surface area contributed by atoms with Crippen LogP contribution in [0.4, 0.5) is 0 Å². The van der Waals surface area contributed by atoms with Crippen LogP contribution in [0.5, 0.6) is 0 Å². The molecule has 0 fully saturated rings. The van der Waals surface area contributed by atoms with Crippen molar-refractivity contribution in [2.24, 2.45) is 0 Å². The van der Waals surface area contributed by atoms with Crippen molar-refractivity contribution in [2.45, 2.75) is 46.2 Å². The van der Waals surface area contributed by atoms with Crippen LogP contribution in [0.25, 0.3) is 11.1 Å². The molecular formula is C21H25NO3. The van der Waals surface area contributed by atoms with Gasteiger partial charge in [-0.05, 0) is 56.5 Å². The van der Waals surface area contributed by atoms with Crippen molar-refractivity contribution in [1.29, 1.82) is 0 Å². The number of carboxylic acid groups (broad SMARTS) is 1. The summed E-state index contributed by atoms with van der Waals surface area (Å²) in [6.45, 7) is 8.12. The molecule has 0 aliphatic carbocycles. The minimum absolute atomic E-state index is 0.128. The molecule has 0 heterocycles. The van der Waals surface area contributed by atoms with E-state index in [9.17, 15) is 9.59 Å². The second-order valence-electron chi connectivity index (χ2n) is 6.74. The number of benzene rings is 2. The van der Waals surface area contributed by atoms with Crippen LogP contribution in [0.1, 0.15) is 43.6 Å². The van der Waals surface area contributed by atoms with Crippen LogP contribution < -0.4 is 0 Å². The Bertz CT molecular complexity index is 723. The number of aromatic carboxylic acids is 1. The quantitative estimate of drug-likeness (QED) is 0.856. The summed E-state index contributed by atoms with van der Waals surface area (Å²) in [5, 5.41) is 8.95. The van der Waals surface area contributed by atoms with Gasteiger partial charge in [-0.25, -0.2) is 4.79 Å². The molecule has 0 atom stereocenters. The van der Waals surface area contributed by atoms with Crippen molar-refractivity contribution in [3.8, 4) is 11.1 Å². The molecule has 0 aliphatic rings. The molecule has 25 heavy (non-hydrogen) atoms. The standard InChI is InChI=1S/C21H25NO3/c1-14(2)22(15(3)4)20(23)13-16-5-7-17(8-6-16)18-9-11-19(12-10-18)21(24)25/h5-12,14-15H,13H2,1-4H3,(H,24,25). The highest BCUT2D eigenvalue weighted by Crippen LogP contribution is 2.21. The lowest BCUT2D eigenvalue weighted by Crippen LogP contribution is -2.42. The largest absolute Gasteiger partial charge is 0.478 e. The summed E-state index contributed by atoms with van der Waals surface area (Å²) in [6.07, 6.45) is 0.384. The highest BCUT2D eigenvalue weighted by atomic mass is 16.4. The second-order valence-corrected chi connectivity index (χ2v) is 6.74. The molecule has 0 radical (unpaired) electrons. The fraction of sp³-hybridized carbons (Fsp3) is 0.333. The maximum absolute atomic E-state index is 12.5. The van der Waals surface area contributed by atoms with E-state index in [0.717, 1.165) is 16.7 Å². The van der Waals surface area contributed by atoms with E-state index in [1.165, 1.54) is 0 Å². The Morgan fingerprint density at radius 3 is 1.68 bits per heavy atom. The van der Waals surface area contributed by atoms with E-state index >= 15 is 0 Å². The van der Waals surface area contributed by atoms with Gasteiger partial charge in [-0.15, -0.1) is 0 Å². The van der Waals surface area contributed by atoms with Gasteiger partial charge in [-0.1, -0.05) is 36.4 Å². The lowest BCUT2D eigenvalue weighted by atomic mass is 10.0. The molecule has 2 aromatic rings. The highest BCUT2D eigenvalue weighted by molar-refractivity contribution is 5.88. The van der Waals surface area contributed by atoms with Crippen molar-refractivity contribution < 1.29 is 14.7 Å². The summed E-state index contributed by atoms with van der Waals surface area (Å²) in [5.41, 5.74) is 3.20. The molecule has 132 valence electrons. The van der Waals surface area contributed by atoms with Crippen LogP contribution in [0.3, 0.4) is 0 Å². The molecule has 0 bridgehead atoms. The molecule has 1 N–H and O–H groups in total. The van der Waals surface area contributed by atoms with Gasteiger partial charge < -0.3 is 10.0 Å². The molecule has 2 aromatic carbocycles. The predicted octanol–water partition coefficient (Wildman–Crippen LogP) is 4.24. The number of rotatable bonds is 6. The third-order valence-corrected chi connectivity index (χ3v) is 4.18. The number of nitrogens with zero attached hydrogens (tertiary/aromatic N) is 1. The van der Waals surface area contributed by atoms with Gasteiger partial charge in [0.25, 0.3) is 0 Å². The van der Waals surface area contributed by atoms with Crippen LogP contribution in [-0.4, -0.2) is 34.0 Å². The van der Waals surface area contributed by atoms with E-state index in [1.54, 1.807) is 24.3 Å². The normalized spacial score (nSPS) is 11.0. The average Bonchev–Trinajstić information content (AvgIpc) is 2.55. The maximum atomic E-state index is 12.5. The van der Waals surface area contributed by atoms with Gasteiger partial charge in [0, 0.05) is 12.1 Å². The first-order valence-corrected chi connectivity index (χ1v) is 8.53. The van der Waals surface area contributed by atoms with Crippen molar-refractivity contribution in [3.63, 3.8) is 0 Å². The molecule has 0 aromatic heterocycles. The van der Waals surface area contributed by atoms with Crippen molar-refractivity contribution in [3.05, 3.63) is 59.7 Å². The molecule has 0 unspecified atom stereocenters. The molecule has 0 spiro atoms. The first-order valence-electron chi connectivity index (χ1n) is 8.53. The fourth-order valence-electron chi connectivity index (χ4n) is 3.06. The molecular weight excluding hydrogens is 314 g/mol. The van der Waals surface area contributed by atoms with Gasteiger partial charge in [0.05, 0.1) is 12.0 Å². The Kier molecular flexibility index (Phi) is 5.97. The predicted molar refractivity (Wildman–Crippen MR) is 99.7 cm³/mol. The third-order valence-electron chi connectivity index (χ3n) is 4.18. The van der Waals surface area contributed by atoms with Gasteiger partial charge in [-0.2, -0.15) is 0 Å². The zero-order valence-corrected chi connectivity index (χ0v) is 15.2. The van der Waals surface area contributed by atoms with Crippen molar-refractivity contribution in [2.75, 3.05) is 0 Å². The van der Waals surface area contributed by atoms with E-state index < -0.39 is 5.97 Å². The first kappa shape index (κ1) is 18.7. The van der Waals surface area contributed by atoms with Gasteiger partial charge in [-0.3, -0.25) is 4.79 Å². The van der Waals surface area contributed by atoms with Crippen LogP contribution >= 0.6 is 0 Å². The minimum atomic E-state index is -0.930. The van der Waals surface area contributed by atoms with E-state index in [4.69, 9.17) is 5.11 Å². The third kappa shape index (κ3) is 4.69. The highest BCUT2D eigenvalue weighted by Gasteiger charge is 2.20. The molecule has 4 nitrogen and oxygen atoms in total. The Morgan fingerprint density at radius 1 is 0.840 bits per heavy atom. The summed E-state index contributed by atoms with van der Waals surface area (Å²) < 4.78 is 0. The Labute approximate surface area is 149 Å². The zero-order valence-electron chi connectivity index (χ0n) is 15.2. The maximum Gasteiger partial charge on any atom is 0.335 e. The number of carboxylic acids is 1. The number of carbonyl (C=O) groups excluding carboxylic acids is 1. The smallest absolute Gasteiger partial charge is 0.335 e. The van der Waals surface area contributed by atoms with E-state index in [0.29, 0.717) is 6.42 Å². The van der Waals surface area contributed by atoms with Crippen molar-refractivity contribution in [1.82, 2.24) is 4.90 Å². The lowest BCUT2D eigenvalue weighted by molar-refractivity contribution is -0.134. The lowest BCUT2D eigenvalue weighted by Gasteiger charge is -2.31. The van der Waals surface area contributed by atoms with Gasteiger partial charge in [0.2, 0.25) is 5.91 Å². The Balaban J connectivity index is 2.11. The summed E-state index contributed by atoms with van der Waals surface area (Å²) in [4.78, 5) is 25.3. The fourth-order valence-corrected chi connectivity index (χ4v) is 3.06. The van der Waals surface area contributed by atoms with Gasteiger partial charge in [0.1, 0.15) is 0 Å². The topological polar surface area (TPSA) is 57.6 Å². The summed E-state index contributed by atoms with van der Waals surface area (Å²) in [7, 11) is 0. The molecule has 1 amide bonds. The molecule has 0 saturated heterocycles. The number of hydrogen-bond acceptors (Lipinski definition) is 2. The van der Waals surface area contributed by atoms with Crippen LogP contribution in [0.15, 0.2) is 48.5 Å². The second kappa shape index (κ2) is 7.97. The Morgan fingerprint density at radius 2 is 1.28 bits per heavy atom. The summed E-state index contributed by atoms with van der Waals surface area (Å²) in [6, 6.07) is 15.0. The molecule has 4 heteroatoms. The zero-order chi connectivity index (χ0) is 18.6. The monoisotopic (exact) mass is 339 g/mol. The number of amides is 1. The Hall–Kier alpha value is -2.62. The molecule has 0 aliphatic heterocycles. The van der Waals surface area contributed by atoms with Crippen LogP contribution in [-0.2, 0) is 11.2 Å². The minimum Gasteiger partial charge on any atom is -0.478 e. The average molecular weight is 339 g/mol.